The average Bonchev–Trinajstić information content (AvgIpc) is 2.46. The quantitative estimate of drug-likeness (QED) is 0.755. The number of ether oxygens (including phenoxy) is 1. The number of phenolic OH excluding ortho intramolecular Hbond substituents is 1. The molecule has 3 heterocycles. The molecule has 1 aromatic carbocycles. The molecule has 2 aliphatic rings. The molecule has 1 aromatic heterocycles. The number of aromatic nitrogens is 1. The van der Waals surface area contributed by atoms with Crippen LogP contribution in [0.1, 0.15) is 5.56 Å². The Kier molecular flexibility index (Phi) is 3.20. The Morgan fingerprint density at radius 3 is 2.70 bits per heavy atom. The number of nitrogens with zero attached hydrogens (tertiary/aromatic N) is 2. The van der Waals surface area contributed by atoms with Crippen molar-refractivity contribution >= 4 is 23.4 Å². The van der Waals surface area contributed by atoms with Gasteiger partial charge in [-0.1, -0.05) is 0 Å². The first-order valence-electron chi connectivity index (χ1n) is 7.57. The van der Waals surface area contributed by atoms with Gasteiger partial charge in [-0.3, -0.25) is 0 Å². The highest BCUT2D eigenvalue weighted by Crippen LogP contribution is 2.39. The van der Waals surface area contributed by atoms with Gasteiger partial charge < -0.3 is 25.5 Å². The third-order valence-electron chi connectivity index (χ3n) is 4.41. The fourth-order valence-corrected chi connectivity index (χ4v) is 3.08. The monoisotopic (exact) mass is 310 g/mol. The Hall–Kier alpha value is -2.60. The van der Waals surface area contributed by atoms with E-state index in [9.17, 15) is 5.11 Å². The van der Waals surface area contributed by atoms with E-state index in [1.54, 1.807) is 24.4 Å². The molecule has 6 heteroatoms. The summed E-state index contributed by atoms with van der Waals surface area (Å²) in [7, 11) is 0. The molecule has 0 bridgehead atoms. The summed E-state index contributed by atoms with van der Waals surface area (Å²) in [5.41, 5.74) is 2.59. The van der Waals surface area contributed by atoms with E-state index >= 15 is 0 Å². The second kappa shape index (κ2) is 5.24. The van der Waals surface area contributed by atoms with E-state index in [0.717, 1.165) is 37.8 Å². The van der Waals surface area contributed by atoms with Crippen molar-refractivity contribution in [3.8, 4) is 5.75 Å². The molecule has 2 aromatic rings. The number of nitrogens with one attached hydrogen (secondary N) is 2. The summed E-state index contributed by atoms with van der Waals surface area (Å²) >= 11 is 0. The molecular formula is C17H18N4O2. The summed E-state index contributed by atoms with van der Waals surface area (Å²) in [6.07, 6.45) is 3.03. The minimum Gasteiger partial charge on any atom is -0.508 e. The Bertz CT molecular complexity index is 733. The minimum atomic E-state index is 0.163. The van der Waals surface area contributed by atoms with E-state index in [0.29, 0.717) is 16.7 Å². The number of benzene rings is 1. The summed E-state index contributed by atoms with van der Waals surface area (Å²) < 4.78 is 5.29. The molecule has 0 unspecified atom stereocenters. The largest absolute Gasteiger partial charge is 0.508 e. The lowest BCUT2D eigenvalue weighted by atomic mass is 9.78. The van der Waals surface area contributed by atoms with Crippen molar-refractivity contribution in [3.05, 3.63) is 42.1 Å². The van der Waals surface area contributed by atoms with Crippen LogP contribution in [-0.2, 0) is 4.74 Å². The third-order valence-corrected chi connectivity index (χ3v) is 4.41. The van der Waals surface area contributed by atoms with Gasteiger partial charge in [-0.2, -0.15) is 0 Å². The van der Waals surface area contributed by atoms with Crippen molar-refractivity contribution in [3.63, 3.8) is 0 Å². The topological polar surface area (TPSA) is 81.5 Å². The normalized spacial score (nSPS) is 18.2. The molecule has 0 aliphatic carbocycles. The maximum atomic E-state index is 9.60. The number of anilines is 3. The van der Waals surface area contributed by atoms with E-state index in [1.165, 1.54) is 6.21 Å². The Labute approximate surface area is 134 Å². The van der Waals surface area contributed by atoms with Crippen molar-refractivity contribution in [2.75, 3.05) is 36.5 Å². The molecule has 0 saturated carbocycles. The van der Waals surface area contributed by atoms with Gasteiger partial charge in [0.1, 0.15) is 11.6 Å². The van der Waals surface area contributed by atoms with Crippen molar-refractivity contribution in [1.29, 1.82) is 5.41 Å². The van der Waals surface area contributed by atoms with Crippen molar-refractivity contribution in [2.24, 2.45) is 5.41 Å². The molecule has 0 atom stereocenters. The second-order valence-electron chi connectivity index (χ2n) is 6.29. The number of phenols is 1. The lowest BCUT2D eigenvalue weighted by molar-refractivity contribution is -0.127. The van der Waals surface area contributed by atoms with Gasteiger partial charge >= 0.3 is 0 Å². The van der Waals surface area contributed by atoms with Gasteiger partial charge in [0.2, 0.25) is 0 Å². The van der Waals surface area contributed by atoms with Gasteiger partial charge in [-0.25, -0.2) is 4.98 Å². The lowest BCUT2D eigenvalue weighted by Crippen LogP contribution is -2.66. The van der Waals surface area contributed by atoms with Gasteiger partial charge in [0, 0.05) is 30.9 Å². The first kappa shape index (κ1) is 14.0. The summed E-state index contributed by atoms with van der Waals surface area (Å²) in [6, 6.07) is 8.82. The number of hydrogen-bond donors (Lipinski definition) is 3. The highest BCUT2D eigenvalue weighted by Gasteiger charge is 2.49. The summed E-state index contributed by atoms with van der Waals surface area (Å²) in [5, 5.41) is 20.2. The van der Waals surface area contributed by atoms with Gasteiger partial charge in [-0.15, -0.1) is 0 Å². The van der Waals surface area contributed by atoms with Crippen LogP contribution < -0.4 is 10.2 Å². The van der Waals surface area contributed by atoms with E-state index in [2.05, 4.69) is 15.2 Å². The van der Waals surface area contributed by atoms with Crippen LogP contribution in [0.2, 0.25) is 0 Å². The lowest BCUT2D eigenvalue weighted by Gasteiger charge is -2.55. The molecule has 0 amide bonds. The average molecular weight is 310 g/mol. The van der Waals surface area contributed by atoms with Crippen molar-refractivity contribution in [1.82, 2.24) is 4.98 Å². The van der Waals surface area contributed by atoms with Gasteiger partial charge in [0.05, 0.1) is 36.2 Å². The molecular weight excluding hydrogens is 292 g/mol. The molecule has 2 aliphatic heterocycles. The molecule has 118 valence electrons. The molecule has 0 radical (unpaired) electrons. The van der Waals surface area contributed by atoms with Crippen LogP contribution >= 0.6 is 0 Å². The van der Waals surface area contributed by atoms with Gasteiger partial charge in [0.15, 0.2) is 0 Å². The van der Waals surface area contributed by atoms with E-state index < -0.39 is 0 Å². The zero-order chi connectivity index (χ0) is 15.9. The zero-order valence-electron chi connectivity index (χ0n) is 12.6. The van der Waals surface area contributed by atoms with Crippen LogP contribution in [0.15, 0.2) is 36.5 Å². The fraction of sp³-hybridized carbons (Fsp3) is 0.294. The molecule has 23 heavy (non-hydrogen) atoms. The van der Waals surface area contributed by atoms with Gasteiger partial charge in [0.25, 0.3) is 0 Å². The molecule has 3 N–H and O–H groups in total. The maximum absolute atomic E-state index is 9.60. The van der Waals surface area contributed by atoms with Crippen LogP contribution in [0.3, 0.4) is 0 Å². The fourth-order valence-electron chi connectivity index (χ4n) is 3.08. The molecule has 1 spiro atoms. The standard InChI is InChI=1S/C17H18N4O2/c18-6-12-1-3-14(22)5-15(12)20-13-2-4-16(19-7-13)21-8-17(9-21)10-23-11-17/h1-7,18,20,22H,8-11H2. The first-order valence-corrected chi connectivity index (χ1v) is 7.57. The van der Waals surface area contributed by atoms with Crippen LogP contribution in [-0.4, -0.2) is 42.6 Å². The molecule has 6 nitrogen and oxygen atoms in total. The summed E-state index contributed by atoms with van der Waals surface area (Å²) in [4.78, 5) is 6.76. The summed E-state index contributed by atoms with van der Waals surface area (Å²) in [5.74, 6) is 1.13. The number of rotatable bonds is 4. The van der Waals surface area contributed by atoms with E-state index in [-0.39, 0.29) is 5.75 Å². The zero-order valence-corrected chi connectivity index (χ0v) is 12.6. The Balaban J connectivity index is 1.46. The van der Waals surface area contributed by atoms with Crippen LogP contribution in [0.5, 0.6) is 5.75 Å². The van der Waals surface area contributed by atoms with E-state index in [4.69, 9.17) is 10.1 Å². The van der Waals surface area contributed by atoms with Crippen molar-refractivity contribution < 1.29 is 9.84 Å². The number of aromatic hydroxyl groups is 1. The SMILES string of the molecule is N=Cc1ccc(O)cc1Nc1ccc(N2CC3(COC3)C2)nc1. The smallest absolute Gasteiger partial charge is 0.128 e. The number of hydrogen-bond acceptors (Lipinski definition) is 6. The third kappa shape index (κ3) is 2.51. The van der Waals surface area contributed by atoms with Crippen LogP contribution in [0.25, 0.3) is 0 Å². The predicted octanol–water partition coefficient (Wildman–Crippen LogP) is 2.37. The Morgan fingerprint density at radius 2 is 2.09 bits per heavy atom. The maximum Gasteiger partial charge on any atom is 0.128 e. The van der Waals surface area contributed by atoms with Gasteiger partial charge in [-0.05, 0) is 24.3 Å². The van der Waals surface area contributed by atoms with Crippen molar-refractivity contribution in [2.45, 2.75) is 0 Å². The molecule has 2 saturated heterocycles. The van der Waals surface area contributed by atoms with Crippen LogP contribution in [0, 0.1) is 10.8 Å². The minimum absolute atomic E-state index is 0.163. The highest BCUT2D eigenvalue weighted by atomic mass is 16.5. The Morgan fingerprint density at radius 1 is 1.26 bits per heavy atom. The number of pyridine rings is 1. The highest BCUT2D eigenvalue weighted by molar-refractivity contribution is 5.87. The second-order valence-corrected chi connectivity index (χ2v) is 6.29. The van der Waals surface area contributed by atoms with E-state index in [1.807, 2.05) is 12.1 Å². The molecule has 2 fully saturated rings. The predicted molar refractivity (Wildman–Crippen MR) is 89.0 cm³/mol. The molecule has 4 rings (SSSR count). The van der Waals surface area contributed by atoms with Crippen LogP contribution in [0.4, 0.5) is 17.2 Å². The summed E-state index contributed by atoms with van der Waals surface area (Å²) in [6.45, 7) is 3.76. The first-order chi connectivity index (χ1) is 11.2.